The molecule has 0 aliphatic carbocycles. The molecule has 0 amide bonds. The lowest BCUT2D eigenvalue weighted by atomic mass is 9.87. The molecule has 4 aromatic carbocycles. The average Bonchev–Trinajstić information content (AvgIpc) is 3.92. The molecule has 0 radical (unpaired) electrons. The van der Waals surface area contributed by atoms with Crippen molar-refractivity contribution < 1.29 is 31.1 Å². The molecule has 0 fully saturated rings. The normalized spacial score (nSPS) is 12.0. The first-order valence-corrected chi connectivity index (χ1v) is 18.7. The van der Waals surface area contributed by atoms with E-state index in [-0.39, 0.29) is 44.1 Å². The number of fused-ring (bicyclic) bond motifs is 2. The van der Waals surface area contributed by atoms with Crippen molar-refractivity contribution in [1.82, 2.24) is 19.9 Å². The first kappa shape index (κ1) is 36.8. The van der Waals surface area contributed by atoms with Gasteiger partial charge in [0.25, 0.3) is 0 Å². The maximum Gasteiger partial charge on any atom is 0.418 e. The van der Waals surface area contributed by atoms with E-state index in [1.807, 2.05) is 10.8 Å². The molecule has 0 spiro atoms. The Labute approximate surface area is 322 Å². The summed E-state index contributed by atoms with van der Waals surface area (Å²) >= 11 is 2.90. The van der Waals surface area contributed by atoms with Crippen LogP contribution in [0.3, 0.4) is 0 Å². The minimum absolute atomic E-state index is 0.0609. The van der Waals surface area contributed by atoms with Gasteiger partial charge in [0.1, 0.15) is 10.0 Å². The summed E-state index contributed by atoms with van der Waals surface area (Å²) in [6.45, 7) is 0.762. The molecule has 0 aliphatic heterocycles. The molecule has 2 N–H and O–H groups in total. The third kappa shape index (κ3) is 7.30. The van der Waals surface area contributed by atoms with Crippen LogP contribution in [-0.4, -0.2) is 25.7 Å². The lowest BCUT2D eigenvalue weighted by Gasteiger charge is -2.19. The third-order valence-corrected chi connectivity index (χ3v) is 10.6. The molecular formula is C41H26F6N6OS2. The number of thiazole rings is 2. The second kappa shape index (κ2) is 14.8. The van der Waals surface area contributed by atoms with Gasteiger partial charge in [0.05, 0.1) is 35.2 Å². The minimum atomic E-state index is -4.75. The Morgan fingerprint density at radius 3 is 1.39 bits per heavy atom. The van der Waals surface area contributed by atoms with Crippen LogP contribution in [0.25, 0.3) is 44.1 Å². The van der Waals surface area contributed by atoms with Crippen molar-refractivity contribution in [2.45, 2.75) is 25.4 Å². The number of nitrogens with zero attached hydrogens (tertiary/aromatic N) is 4. The van der Waals surface area contributed by atoms with Crippen LogP contribution in [0.2, 0.25) is 0 Å². The number of pyridine rings is 2. The molecule has 0 saturated heterocycles. The van der Waals surface area contributed by atoms with Gasteiger partial charge in [0.15, 0.2) is 5.78 Å². The molecule has 15 heteroatoms. The summed E-state index contributed by atoms with van der Waals surface area (Å²) in [5.74, 6) is -0.698. The maximum atomic E-state index is 15.0. The zero-order chi connectivity index (χ0) is 39.0. The van der Waals surface area contributed by atoms with Gasteiger partial charge in [0.2, 0.25) is 0 Å². The Balaban J connectivity index is 1.33. The van der Waals surface area contributed by atoms with E-state index in [1.165, 1.54) is 46.9 Å². The number of halogens is 6. The predicted octanol–water partition coefficient (Wildman–Crippen LogP) is 11.5. The minimum Gasteiger partial charge on any atom is -0.379 e. The van der Waals surface area contributed by atoms with E-state index >= 15 is 4.79 Å². The van der Waals surface area contributed by atoms with E-state index in [0.29, 0.717) is 35.6 Å². The largest absolute Gasteiger partial charge is 0.418 e. The van der Waals surface area contributed by atoms with Crippen LogP contribution in [0.1, 0.15) is 37.1 Å². The molecule has 0 atom stereocenters. The first-order valence-electron chi connectivity index (χ1n) is 16.9. The number of ketones is 1. The van der Waals surface area contributed by atoms with E-state index in [2.05, 4.69) is 30.6 Å². The topological polar surface area (TPSA) is 92.7 Å². The SMILES string of the molecule is O=C(c1cnc2c(C(F)(F)F)cccc2c1-c1cccc(NCc2nccs2)c1)c1cnc2c(C(F)(F)F)cccc2c1-c1cccc(NCc2nccs2)c1. The molecule has 280 valence electrons. The summed E-state index contributed by atoms with van der Waals surface area (Å²) in [4.78, 5) is 32.0. The Bertz CT molecular complexity index is 2530. The van der Waals surface area contributed by atoms with Crippen LogP contribution >= 0.6 is 22.7 Å². The van der Waals surface area contributed by atoms with Crippen molar-refractivity contribution in [3.8, 4) is 22.3 Å². The van der Waals surface area contributed by atoms with Gasteiger partial charge < -0.3 is 10.6 Å². The van der Waals surface area contributed by atoms with E-state index in [4.69, 9.17) is 0 Å². The number of para-hydroxylation sites is 2. The van der Waals surface area contributed by atoms with E-state index in [1.54, 1.807) is 60.9 Å². The third-order valence-electron chi connectivity index (χ3n) is 9.05. The van der Waals surface area contributed by atoms with Gasteiger partial charge in [-0.2, -0.15) is 26.3 Å². The number of carbonyl (C=O) groups is 1. The van der Waals surface area contributed by atoms with Crippen molar-refractivity contribution in [3.63, 3.8) is 0 Å². The Hall–Kier alpha value is -6.19. The van der Waals surface area contributed by atoms with Gasteiger partial charge in [-0.15, -0.1) is 22.7 Å². The van der Waals surface area contributed by atoms with Crippen LogP contribution in [-0.2, 0) is 25.4 Å². The van der Waals surface area contributed by atoms with Crippen LogP contribution in [0.15, 0.2) is 120 Å². The van der Waals surface area contributed by atoms with Gasteiger partial charge >= 0.3 is 12.4 Å². The van der Waals surface area contributed by atoms with Crippen LogP contribution in [0.5, 0.6) is 0 Å². The van der Waals surface area contributed by atoms with Gasteiger partial charge in [-0.05, 0) is 47.5 Å². The van der Waals surface area contributed by atoms with Gasteiger partial charge in [-0.3, -0.25) is 14.8 Å². The summed E-state index contributed by atoms with van der Waals surface area (Å²) in [6, 6.07) is 21.0. The average molecular weight is 797 g/mol. The zero-order valence-electron chi connectivity index (χ0n) is 28.7. The first-order chi connectivity index (χ1) is 27.0. The molecular weight excluding hydrogens is 771 g/mol. The fourth-order valence-corrected chi connectivity index (χ4v) is 7.73. The number of nitrogens with one attached hydrogen (secondary N) is 2. The van der Waals surface area contributed by atoms with Gasteiger partial charge in [-0.1, -0.05) is 48.5 Å². The molecule has 0 unspecified atom stereocenters. The highest BCUT2D eigenvalue weighted by Crippen LogP contribution is 2.43. The van der Waals surface area contributed by atoms with Crippen LogP contribution < -0.4 is 10.6 Å². The Kier molecular flexibility index (Phi) is 9.72. The number of hydrogen-bond acceptors (Lipinski definition) is 9. The molecule has 7 nitrogen and oxygen atoms in total. The zero-order valence-corrected chi connectivity index (χ0v) is 30.4. The summed E-state index contributed by atoms with van der Waals surface area (Å²) < 4.78 is 86.0. The summed E-state index contributed by atoms with van der Waals surface area (Å²) in [5.41, 5.74) is -0.452. The highest BCUT2D eigenvalue weighted by atomic mass is 32.1. The van der Waals surface area contributed by atoms with Crippen LogP contribution in [0, 0.1) is 0 Å². The lowest BCUT2D eigenvalue weighted by Crippen LogP contribution is -2.12. The molecule has 0 bridgehead atoms. The van der Waals surface area contributed by atoms with Crippen molar-refractivity contribution in [2.75, 3.05) is 10.6 Å². The van der Waals surface area contributed by atoms with Crippen LogP contribution in [0.4, 0.5) is 37.7 Å². The number of benzene rings is 4. The number of carbonyl (C=O) groups excluding carboxylic acids is 1. The van der Waals surface area contributed by atoms with Gasteiger partial charge in [0, 0.05) is 79.9 Å². The van der Waals surface area contributed by atoms with Crippen molar-refractivity contribution >= 4 is 61.6 Å². The Morgan fingerprint density at radius 2 is 1.00 bits per heavy atom. The number of aromatic nitrogens is 4. The Morgan fingerprint density at radius 1 is 0.571 bits per heavy atom. The summed E-state index contributed by atoms with van der Waals surface area (Å²) in [6.07, 6.45) is -3.97. The highest BCUT2D eigenvalue weighted by molar-refractivity contribution is 7.09. The maximum absolute atomic E-state index is 15.0. The van der Waals surface area contributed by atoms with Crippen molar-refractivity contribution in [3.05, 3.63) is 153 Å². The van der Waals surface area contributed by atoms with E-state index < -0.39 is 29.3 Å². The molecule has 4 heterocycles. The fourth-order valence-electron chi connectivity index (χ4n) is 6.62. The number of hydrogen-bond donors (Lipinski definition) is 2. The molecule has 56 heavy (non-hydrogen) atoms. The van der Waals surface area contributed by atoms with Crippen molar-refractivity contribution in [2.24, 2.45) is 0 Å². The molecule has 8 rings (SSSR count). The van der Waals surface area contributed by atoms with Crippen molar-refractivity contribution in [1.29, 1.82) is 0 Å². The fraction of sp³-hybridized carbons (Fsp3) is 0.0976. The monoisotopic (exact) mass is 796 g/mol. The number of rotatable bonds is 10. The van der Waals surface area contributed by atoms with Gasteiger partial charge in [-0.25, -0.2) is 9.97 Å². The second-order valence-corrected chi connectivity index (χ2v) is 14.5. The lowest BCUT2D eigenvalue weighted by molar-refractivity contribution is -0.137. The molecule has 4 aromatic heterocycles. The molecule has 8 aromatic rings. The number of alkyl halides is 6. The second-order valence-electron chi connectivity index (χ2n) is 12.5. The summed E-state index contributed by atoms with van der Waals surface area (Å²) in [5, 5.41) is 11.9. The standard InChI is InChI=1S/C41H26F6N6OS2/c42-40(43,44)31-11-3-9-27-35(23-5-1-7-25(17-23)50-21-33-48-13-15-55-33)29(19-52-37(27)31)39(54)30-20-53-38-28(10-4-12-32(38)41(45,46)47)36(30)24-6-2-8-26(18-24)51-22-34-49-14-16-56-34/h1-20,50-51H,21-22H2. The predicted molar refractivity (Wildman–Crippen MR) is 207 cm³/mol. The van der Waals surface area contributed by atoms with E-state index in [0.717, 1.165) is 34.5 Å². The number of anilines is 2. The molecule has 0 saturated carbocycles. The summed E-state index contributed by atoms with van der Waals surface area (Å²) in [7, 11) is 0. The van der Waals surface area contributed by atoms with E-state index in [9.17, 15) is 26.3 Å². The highest BCUT2D eigenvalue weighted by Gasteiger charge is 2.36. The quantitative estimate of drug-likeness (QED) is 0.105. The molecule has 0 aliphatic rings. The smallest absolute Gasteiger partial charge is 0.379 e.